The molecule has 0 unspecified atom stereocenters. The molecule has 0 bridgehead atoms. The lowest BCUT2D eigenvalue weighted by Crippen LogP contribution is -2.13. The normalized spacial score (nSPS) is 10.7. The highest BCUT2D eigenvalue weighted by atomic mass is 16.1. The minimum absolute atomic E-state index is 0.0687. The third-order valence-corrected chi connectivity index (χ3v) is 3.93. The van der Waals surface area contributed by atoms with Gasteiger partial charge in [0.05, 0.1) is 0 Å². The molecule has 22 heavy (non-hydrogen) atoms. The topological polar surface area (TPSA) is 29.1 Å². The lowest BCUT2D eigenvalue weighted by Gasteiger charge is -2.13. The molecule has 1 N–H and O–H groups in total. The van der Waals surface area contributed by atoms with Crippen LogP contribution in [0.3, 0.4) is 0 Å². The van der Waals surface area contributed by atoms with Crippen LogP contribution in [0.15, 0.2) is 54.6 Å². The van der Waals surface area contributed by atoms with E-state index < -0.39 is 0 Å². The molecule has 3 rings (SSSR count). The summed E-state index contributed by atoms with van der Waals surface area (Å²) in [5.74, 6) is -0.0687. The number of hydrogen-bond donors (Lipinski definition) is 1. The summed E-state index contributed by atoms with van der Waals surface area (Å²) < 4.78 is 0. The third kappa shape index (κ3) is 2.73. The molecule has 3 aromatic rings. The first-order valence-electron chi connectivity index (χ1n) is 7.42. The largest absolute Gasteiger partial charge is 0.322 e. The average Bonchev–Trinajstić information content (AvgIpc) is 2.50. The molecule has 2 heteroatoms. The second kappa shape index (κ2) is 5.64. The molecule has 0 saturated heterocycles. The minimum Gasteiger partial charge on any atom is -0.322 e. The first-order valence-corrected chi connectivity index (χ1v) is 7.42. The quantitative estimate of drug-likeness (QED) is 0.705. The zero-order valence-corrected chi connectivity index (χ0v) is 13.1. The van der Waals surface area contributed by atoms with Gasteiger partial charge in [0.15, 0.2) is 0 Å². The monoisotopic (exact) mass is 289 g/mol. The molecule has 0 saturated carbocycles. The van der Waals surface area contributed by atoms with Gasteiger partial charge < -0.3 is 5.32 Å². The molecule has 0 radical (unpaired) electrons. The van der Waals surface area contributed by atoms with Crippen LogP contribution in [0, 0.1) is 20.8 Å². The Balaban J connectivity index is 1.93. The molecule has 110 valence electrons. The molecule has 0 spiro atoms. The summed E-state index contributed by atoms with van der Waals surface area (Å²) in [4.78, 5) is 12.5. The summed E-state index contributed by atoms with van der Waals surface area (Å²) >= 11 is 0. The van der Waals surface area contributed by atoms with Crippen molar-refractivity contribution in [1.29, 1.82) is 0 Å². The lowest BCUT2D eigenvalue weighted by atomic mass is 10.0. The Morgan fingerprint density at radius 1 is 0.818 bits per heavy atom. The van der Waals surface area contributed by atoms with E-state index in [1.165, 1.54) is 5.56 Å². The molecular formula is C20H19NO. The average molecular weight is 289 g/mol. The van der Waals surface area contributed by atoms with Gasteiger partial charge in [-0.25, -0.2) is 0 Å². The van der Waals surface area contributed by atoms with Crippen molar-refractivity contribution in [2.75, 3.05) is 5.32 Å². The highest BCUT2D eigenvalue weighted by Crippen LogP contribution is 2.23. The van der Waals surface area contributed by atoms with Crippen LogP contribution in [0.5, 0.6) is 0 Å². The summed E-state index contributed by atoms with van der Waals surface area (Å²) in [6.07, 6.45) is 0. The van der Waals surface area contributed by atoms with Crippen LogP contribution in [0.2, 0.25) is 0 Å². The van der Waals surface area contributed by atoms with E-state index in [1.54, 1.807) is 0 Å². The SMILES string of the molecule is Cc1cc(C)c(NC(=O)c2ccc3ccccc3c2)c(C)c1. The molecule has 0 aromatic heterocycles. The number of amides is 1. The van der Waals surface area contributed by atoms with Crippen molar-refractivity contribution in [2.45, 2.75) is 20.8 Å². The van der Waals surface area contributed by atoms with E-state index in [4.69, 9.17) is 0 Å². The van der Waals surface area contributed by atoms with Gasteiger partial charge in [0.1, 0.15) is 0 Å². The van der Waals surface area contributed by atoms with Gasteiger partial charge in [0.25, 0.3) is 5.91 Å². The second-order valence-electron chi connectivity index (χ2n) is 5.79. The zero-order valence-electron chi connectivity index (χ0n) is 13.1. The van der Waals surface area contributed by atoms with E-state index in [0.717, 1.165) is 27.6 Å². The standard InChI is InChI=1S/C20H19NO/c1-13-10-14(2)19(15(3)11-13)21-20(22)18-9-8-16-6-4-5-7-17(16)12-18/h4-12H,1-3H3,(H,21,22). The van der Waals surface area contributed by atoms with Crippen LogP contribution < -0.4 is 5.32 Å². The fourth-order valence-corrected chi connectivity index (χ4v) is 2.89. The van der Waals surface area contributed by atoms with Gasteiger partial charge in [-0.05, 0) is 54.8 Å². The highest BCUT2D eigenvalue weighted by Gasteiger charge is 2.10. The molecule has 2 nitrogen and oxygen atoms in total. The van der Waals surface area contributed by atoms with Crippen molar-refractivity contribution in [1.82, 2.24) is 0 Å². The number of nitrogens with one attached hydrogen (secondary N) is 1. The van der Waals surface area contributed by atoms with Crippen LogP contribution in [0.4, 0.5) is 5.69 Å². The fraction of sp³-hybridized carbons (Fsp3) is 0.150. The molecule has 0 fully saturated rings. The Kier molecular flexibility index (Phi) is 3.68. The van der Waals surface area contributed by atoms with Crippen LogP contribution in [0.25, 0.3) is 10.8 Å². The van der Waals surface area contributed by atoms with Gasteiger partial charge in [0.2, 0.25) is 0 Å². The molecule has 0 aliphatic carbocycles. The highest BCUT2D eigenvalue weighted by molar-refractivity contribution is 6.07. The number of hydrogen-bond acceptors (Lipinski definition) is 1. The van der Waals surface area contributed by atoms with Crippen molar-refractivity contribution in [2.24, 2.45) is 0 Å². The van der Waals surface area contributed by atoms with E-state index in [9.17, 15) is 4.79 Å². The van der Waals surface area contributed by atoms with Crippen molar-refractivity contribution in [3.05, 3.63) is 76.9 Å². The molecular weight excluding hydrogens is 270 g/mol. The summed E-state index contributed by atoms with van der Waals surface area (Å²) in [6.45, 7) is 6.11. The maximum absolute atomic E-state index is 12.5. The Bertz CT molecular complexity index is 841. The summed E-state index contributed by atoms with van der Waals surface area (Å²) in [7, 11) is 0. The predicted molar refractivity (Wildman–Crippen MR) is 92.6 cm³/mol. The van der Waals surface area contributed by atoms with Crippen LogP contribution in [0.1, 0.15) is 27.0 Å². The second-order valence-corrected chi connectivity index (χ2v) is 5.79. The molecule has 0 heterocycles. The Morgan fingerprint density at radius 2 is 1.45 bits per heavy atom. The number of aryl methyl sites for hydroxylation is 3. The van der Waals surface area contributed by atoms with Gasteiger partial charge in [-0.15, -0.1) is 0 Å². The number of benzene rings is 3. The van der Waals surface area contributed by atoms with E-state index in [0.29, 0.717) is 5.56 Å². The van der Waals surface area contributed by atoms with E-state index in [1.807, 2.05) is 56.3 Å². The molecule has 0 aliphatic heterocycles. The molecule has 0 aliphatic rings. The Morgan fingerprint density at radius 3 is 2.14 bits per heavy atom. The van der Waals surface area contributed by atoms with Crippen LogP contribution >= 0.6 is 0 Å². The van der Waals surface area contributed by atoms with E-state index in [-0.39, 0.29) is 5.91 Å². The van der Waals surface area contributed by atoms with Crippen LogP contribution in [-0.4, -0.2) is 5.91 Å². The van der Waals surface area contributed by atoms with Gasteiger partial charge in [0, 0.05) is 11.3 Å². The van der Waals surface area contributed by atoms with E-state index >= 15 is 0 Å². The van der Waals surface area contributed by atoms with Gasteiger partial charge in [-0.1, -0.05) is 48.0 Å². The Hall–Kier alpha value is -2.61. The minimum atomic E-state index is -0.0687. The van der Waals surface area contributed by atoms with Crippen LogP contribution in [-0.2, 0) is 0 Å². The fourth-order valence-electron chi connectivity index (χ4n) is 2.89. The van der Waals surface area contributed by atoms with Crippen molar-refractivity contribution in [3.8, 4) is 0 Å². The number of carbonyl (C=O) groups is 1. The smallest absolute Gasteiger partial charge is 0.255 e. The predicted octanol–water partition coefficient (Wildman–Crippen LogP) is 5.02. The lowest BCUT2D eigenvalue weighted by molar-refractivity contribution is 0.102. The Labute approximate surface area is 130 Å². The first-order chi connectivity index (χ1) is 10.5. The van der Waals surface area contributed by atoms with Crippen molar-refractivity contribution < 1.29 is 4.79 Å². The van der Waals surface area contributed by atoms with Gasteiger partial charge >= 0.3 is 0 Å². The maximum atomic E-state index is 12.5. The molecule has 0 atom stereocenters. The summed E-state index contributed by atoms with van der Waals surface area (Å²) in [6, 6.07) is 18.0. The number of carbonyl (C=O) groups excluding carboxylic acids is 1. The zero-order chi connectivity index (χ0) is 15.7. The molecule has 1 amide bonds. The van der Waals surface area contributed by atoms with Gasteiger partial charge in [-0.2, -0.15) is 0 Å². The van der Waals surface area contributed by atoms with E-state index in [2.05, 4.69) is 24.4 Å². The number of anilines is 1. The third-order valence-electron chi connectivity index (χ3n) is 3.93. The summed E-state index contributed by atoms with van der Waals surface area (Å²) in [5, 5.41) is 5.26. The van der Waals surface area contributed by atoms with Crippen molar-refractivity contribution >= 4 is 22.4 Å². The first kappa shape index (κ1) is 14.3. The number of rotatable bonds is 2. The maximum Gasteiger partial charge on any atom is 0.255 e. The number of fused-ring (bicyclic) bond motifs is 1. The van der Waals surface area contributed by atoms with Crippen molar-refractivity contribution in [3.63, 3.8) is 0 Å². The summed E-state index contributed by atoms with van der Waals surface area (Å²) in [5.41, 5.74) is 4.97. The van der Waals surface area contributed by atoms with Gasteiger partial charge in [-0.3, -0.25) is 4.79 Å². The molecule has 3 aromatic carbocycles.